The molecule has 2 aromatic rings. The number of rotatable bonds is 9. The number of para-hydroxylation sites is 1. The molecular weight excluding hydrogens is 332 g/mol. The van der Waals surface area contributed by atoms with Crippen molar-refractivity contribution < 1.29 is 19.1 Å². The van der Waals surface area contributed by atoms with E-state index in [-0.39, 0.29) is 18.4 Å². The Balaban J connectivity index is 1.71. The first-order valence-corrected chi connectivity index (χ1v) is 8.56. The van der Waals surface area contributed by atoms with Gasteiger partial charge in [-0.25, -0.2) is 0 Å². The molecule has 0 aliphatic carbocycles. The molecule has 0 heterocycles. The third-order valence-corrected chi connectivity index (χ3v) is 3.52. The highest BCUT2D eigenvalue weighted by atomic mass is 16.5. The molecule has 0 aromatic heterocycles. The molecule has 0 spiro atoms. The van der Waals surface area contributed by atoms with Crippen molar-refractivity contribution in [2.75, 3.05) is 26.3 Å². The smallest absolute Gasteiger partial charge is 0.255 e. The third-order valence-electron chi connectivity index (χ3n) is 3.52. The van der Waals surface area contributed by atoms with E-state index in [1.54, 1.807) is 24.3 Å². The van der Waals surface area contributed by atoms with Crippen LogP contribution in [0.4, 0.5) is 0 Å². The molecule has 0 fully saturated rings. The van der Waals surface area contributed by atoms with Crippen molar-refractivity contribution in [1.82, 2.24) is 10.6 Å². The standard InChI is InChI=1S/C20H24N2O4/c1-3-25-18-10-5-4-9-17(18)20(24)22-14-19(23)21-11-12-26-16-8-6-7-15(2)13-16/h4-10,13H,3,11-12,14H2,1-2H3,(H,21,23)(H,22,24). The summed E-state index contributed by atoms with van der Waals surface area (Å²) in [6.07, 6.45) is 0. The number of ether oxygens (including phenoxy) is 2. The van der Waals surface area contributed by atoms with E-state index in [1.807, 2.05) is 38.1 Å². The summed E-state index contributed by atoms with van der Waals surface area (Å²) in [4.78, 5) is 24.0. The molecule has 0 saturated heterocycles. The van der Waals surface area contributed by atoms with Gasteiger partial charge in [0.15, 0.2) is 0 Å². The normalized spacial score (nSPS) is 10.1. The van der Waals surface area contributed by atoms with E-state index in [0.717, 1.165) is 11.3 Å². The zero-order valence-corrected chi connectivity index (χ0v) is 15.1. The van der Waals surface area contributed by atoms with E-state index < -0.39 is 0 Å². The molecule has 0 bridgehead atoms. The van der Waals surface area contributed by atoms with Gasteiger partial charge >= 0.3 is 0 Å². The Morgan fingerprint density at radius 2 is 1.81 bits per heavy atom. The van der Waals surface area contributed by atoms with Crippen molar-refractivity contribution in [3.63, 3.8) is 0 Å². The van der Waals surface area contributed by atoms with Crippen LogP contribution in [0.25, 0.3) is 0 Å². The number of carbonyl (C=O) groups is 2. The van der Waals surface area contributed by atoms with Gasteiger partial charge in [0.2, 0.25) is 5.91 Å². The molecule has 2 aromatic carbocycles. The lowest BCUT2D eigenvalue weighted by molar-refractivity contribution is -0.120. The van der Waals surface area contributed by atoms with E-state index in [0.29, 0.717) is 31.1 Å². The Kier molecular flexibility index (Phi) is 7.49. The number of aryl methyl sites for hydroxylation is 1. The van der Waals surface area contributed by atoms with Crippen LogP contribution in [0.5, 0.6) is 11.5 Å². The fourth-order valence-electron chi connectivity index (χ4n) is 2.32. The number of nitrogens with one attached hydrogen (secondary N) is 2. The Labute approximate surface area is 153 Å². The van der Waals surface area contributed by atoms with Crippen molar-refractivity contribution in [3.8, 4) is 11.5 Å². The van der Waals surface area contributed by atoms with Crippen molar-refractivity contribution >= 4 is 11.8 Å². The molecule has 2 amide bonds. The van der Waals surface area contributed by atoms with Crippen LogP contribution in [0, 0.1) is 6.92 Å². The van der Waals surface area contributed by atoms with Crippen LogP contribution in [0.15, 0.2) is 48.5 Å². The summed E-state index contributed by atoms with van der Waals surface area (Å²) in [5, 5.41) is 5.30. The first kappa shape index (κ1) is 19.3. The van der Waals surface area contributed by atoms with Crippen LogP contribution < -0.4 is 20.1 Å². The maximum Gasteiger partial charge on any atom is 0.255 e. The van der Waals surface area contributed by atoms with Crippen molar-refractivity contribution in [2.24, 2.45) is 0 Å². The first-order valence-electron chi connectivity index (χ1n) is 8.56. The van der Waals surface area contributed by atoms with Crippen LogP contribution in [0.3, 0.4) is 0 Å². The third kappa shape index (κ3) is 6.12. The van der Waals surface area contributed by atoms with Gasteiger partial charge in [-0.15, -0.1) is 0 Å². The zero-order chi connectivity index (χ0) is 18.8. The van der Waals surface area contributed by atoms with Crippen LogP contribution in [-0.4, -0.2) is 38.1 Å². The minimum absolute atomic E-state index is 0.107. The minimum Gasteiger partial charge on any atom is -0.493 e. The van der Waals surface area contributed by atoms with Gasteiger partial charge in [0.1, 0.15) is 18.1 Å². The highest BCUT2D eigenvalue weighted by Crippen LogP contribution is 2.17. The lowest BCUT2D eigenvalue weighted by Crippen LogP contribution is -2.38. The molecule has 138 valence electrons. The quantitative estimate of drug-likeness (QED) is 0.676. The second kappa shape index (κ2) is 10.1. The lowest BCUT2D eigenvalue weighted by atomic mass is 10.2. The predicted octanol–water partition coefficient (Wildman–Crippen LogP) is 2.32. The number of benzene rings is 2. The van der Waals surface area contributed by atoms with Gasteiger partial charge in [0.25, 0.3) is 5.91 Å². The molecule has 2 N–H and O–H groups in total. The van der Waals surface area contributed by atoms with Crippen LogP contribution in [-0.2, 0) is 4.79 Å². The number of carbonyl (C=O) groups excluding carboxylic acids is 2. The first-order chi connectivity index (χ1) is 12.6. The summed E-state index contributed by atoms with van der Waals surface area (Å²) in [5.41, 5.74) is 1.52. The second-order valence-corrected chi connectivity index (χ2v) is 5.63. The topological polar surface area (TPSA) is 76.7 Å². The molecule has 0 unspecified atom stereocenters. The minimum atomic E-state index is -0.347. The van der Waals surface area contributed by atoms with E-state index in [1.165, 1.54) is 0 Å². The van der Waals surface area contributed by atoms with Gasteiger partial charge in [-0.3, -0.25) is 9.59 Å². The fourth-order valence-corrected chi connectivity index (χ4v) is 2.32. The summed E-state index contributed by atoms with van der Waals surface area (Å²) in [7, 11) is 0. The fraction of sp³-hybridized carbons (Fsp3) is 0.300. The number of hydrogen-bond acceptors (Lipinski definition) is 4. The Morgan fingerprint density at radius 1 is 1.00 bits per heavy atom. The van der Waals surface area contributed by atoms with E-state index in [2.05, 4.69) is 10.6 Å². The largest absolute Gasteiger partial charge is 0.493 e. The zero-order valence-electron chi connectivity index (χ0n) is 15.1. The molecule has 0 saturated carbocycles. The van der Waals surface area contributed by atoms with Crippen LogP contribution in [0.2, 0.25) is 0 Å². The maximum absolute atomic E-state index is 12.2. The molecule has 6 nitrogen and oxygen atoms in total. The summed E-state index contributed by atoms with van der Waals surface area (Å²) >= 11 is 0. The Bertz CT molecular complexity index is 746. The second-order valence-electron chi connectivity index (χ2n) is 5.63. The highest BCUT2D eigenvalue weighted by molar-refractivity contribution is 5.98. The Hall–Kier alpha value is -3.02. The van der Waals surface area contributed by atoms with Crippen molar-refractivity contribution in [1.29, 1.82) is 0 Å². The van der Waals surface area contributed by atoms with Gasteiger partial charge in [-0.2, -0.15) is 0 Å². The van der Waals surface area contributed by atoms with E-state index >= 15 is 0 Å². The van der Waals surface area contributed by atoms with Crippen LogP contribution >= 0.6 is 0 Å². The van der Waals surface area contributed by atoms with Gasteiger partial charge in [0, 0.05) is 0 Å². The van der Waals surface area contributed by atoms with Crippen LogP contribution in [0.1, 0.15) is 22.8 Å². The number of hydrogen-bond donors (Lipinski definition) is 2. The molecule has 26 heavy (non-hydrogen) atoms. The van der Waals surface area contributed by atoms with Gasteiger partial charge < -0.3 is 20.1 Å². The molecule has 0 aliphatic heterocycles. The molecule has 0 atom stereocenters. The van der Waals surface area contributed by atoms with E-state index in [9.17, 15) is 9.59 Å². The lowest BCUT2D eigenvalue weighted by Gasteiger charge is -2.11. The van der Waals surface area contributed by atoms with E-state index in [4.69, 9.17) is 9.47 Å². The maximum atomic E-state index is 12.2. The average molecular weight is 356 g/mol. The summed E-state index contributed by atoms with van der Waals surface area (Å²) in [6.45, 7) is 4.91. The molecule has 0 aliphatic rings. The predicted molar refractivity (Wildman–Crippen MR) is 99.6 cm³/mol. The monoisotopic (exact) mass is 356 g/mol. The van der Waals surface area contributed by atoms with Crippen molar-refractivity contribution in [2.45, 2.75) is 13.8 Å². The highest BCUT2D eigenvalue weighted by Gasteiger charge is 2.12. The van der Waals surface area contributed by atoms with Crippen molar-refractivity contribution in [3.05, 3.63) is 59.7 Å². The number of amides is 2. The molecular formula is C20H24N2O4. The SMILES string of the molecule is CCOc1ccccc1C(=O)NCC(=O)NCCOc1cccc(C)c1. The molecule has 2 rings (SSSR count). The Morgan fingerprint density at radius 3 is 2.58 bits per heavy atom. The summed E-state index contributed by atoms with van der Waals surface area (Å²) in [6, 6.07) is 14.6. The van der Waals surface area contributed by atoms with Gasteiger partial charge in [-0.1, -0.05) is 24.3 Å². The average Bonchev–Trinajstić information content (AvgIpc) is 2.64. The summed E-state index contributed by atoms with van der Waals surface area (Å²) in [5.74, 6) is 0.639. The molecule has 6 heteroatoms. The van der Waals surface area contributed by atoms with Gasteiger partial charge in [0.05, 0.1) is 25.3 Å². The summed E-state index contributed by atoms with van der Waals surface area (Å²) < 4.78 is 11.0. The molecule has 0 radical (unpaired) electrons. The van der Waals surface area contributed by atoms with Gasteiger partial charge in [-0.05, 0) is 43.7 Å².